The molecule has 1 aromatic carbocycles. The van der Waals surface area contributed by atoms with E-state index in [-0.39, 0.29) is 23.7 Å². The van der Waals surface area contributed by atoms with Gasteiger partial charge < -0.3 is 10.6 Å². The second kappa shape index (κ2) is 5.67. The number of anilines is 1. The summed E-state index contributed by atoms with van der Waals surface area (Å²) < 4.78 is 23.0. The molecular formula is C15H22N2O3S. The average Bonchev–Trinajstić information content (AvgIpc) is 3.15. The molecule has 0 spiro atoms. The Hall–Kier alpha value is -1.56. The molecule has 1 saturated carbocycles. The van der Waals surface area contributed by atoms with E-state index < -0.39 is 9.84 Å². The van der Waals surface area contributed by atoms with Gasteiger partial charge in [0.05, 0.1) is 5.75 Å². The third-order valence-corrected chi connectivity index (χ3v) is 4.80. The Morgan fingerprint density at radius 1 is 1.43 bits per heavy atom. The lowest BCUT2D eigenvalue weighted by Gasteiger charge is -2.29. The third-order valence-electron chi connectivity index (χ3n) is 3.71. The summed E-state index contributed by atoms with van der Waals surface area (Å²) in [5.41, 5.74) is 7.84. The predicted molar refractivity (Wildman–Crippen MR) is 84.0 cm³/mol. The highest BCUT2D eigenvalue weighted by Crippen LogP contribution is 2.31. The smallest absolute Gasteiger partial charge is 0.254 e. The van der Waals surface area contributed by atoms with Gasteiger partial charge >= 0.3 is 0 Å². The van der Waals surface area contributed by atoms with Gasteiger partial charge in [0.15, 0.2) is 0 Å². The summed E-state index contributed by atoms with van der Waals surface area (Å²) in [7, 11) is -3.12. The Labute approximate surface area is 126 Å². The van der Waals surface area contributed by atoms with Crippen LogP contribution in [0.5, 0.6) is 0 Å². The number of nitrogens with zero attached hydrogens (tertiary/aromatic N) is 1. The molecule has 0 heterocycles. The van der Waals surface area contributed by atoms with Crippen LogP contribution in [0.25, 0.3) is 0 Å². The van der Waals surface area contributed by atoms with Gasteiger partial charge in [-0.25, -0.2) is 8.42 Å². The molecule has 0 aromatic heterocycles. The molecule has 0 unspecified atom stereocenters. The lowest BCUT2D eigenvalue weighted by molar-refractivity contribution is 0.0692. The quantitative estimate of drug-likeness (QED) is 0.838. The van der Waals surface area contributed by atoms with E-state index >= 15 is 0 Å². The summed E-state index contributed by atoms with van der Waals surface area (Å²) in [5.74, 6) is -0.125. The van der Waals surface area contributed by atoms with Crippen molar-refractivity contribution in [2.24, 2.45) is 0 Å². The maximum atomic E-state index is 12.7. The molecule has 2 rings (SSSR count). The van der Waals surface area contributed by atoms with Crippen LogP contribution in [0.15, 0.2) is 18.2 Å². The van der Waals surface area contributed by atoms with Crippen molar-refractivity contribution in [2.75, 3.05) is 17.7 Å². The summed E-state index contributed by atoms with van der Waals surface area (Å²) in [6.45, 7) is 3.65. The fourth-order valence-corrected chi connectivity index (χ4v) is 3.59. The number of sulfone groups is 1. The normalized spacial score (nSPS) is 16.5. The lowest BCUT2D eigenvalue weighted by atomic mass is 10.1. The van der Waals surface area contributed by atoms with E-state index in [2.05, 4.69) is 0 Å². The molecule has 1 aliphatic carbocycles. The topological polar surface area (TPSA) is 80.5 Å². The number of benzene rings is 1. The van der Waals surface area contributed by atoms with E-state index in [0.717, 1.165) is 18.4 Å². The summed E-state index contributed by atoms with van der Waals surface area (Å²) in [6.07, 6.45) is 3.08. The van der Waals surface area contributed by atoms with Crippen molar-refractivity contribution in [1.82, 2.24) is 4.90 Å². The number of rotatable bonds is 5. The van der Waals surface area contributed by atoms with Crippen LogP contribution in [0.1, 0.15) is 35.7 Å². The number of hydrogen-bond donors (Lipinski definition) is 1. The van der Waals surface area contributed by atoms with Gasteiger partial charge in [-0.3, -0.25) is 4.79 Å². The van der Waals surface area contributed by atoms with Crippen LogP contribution in [-0.4, -0.2) is 43.3 Å². The number of aryl methyl sites for hydroxylation is 1. The zero-order valence-electron chi connectivity index (χ0n) is 12.7. The molecule has 1 atom stereocenters. The van der Waals surface area contributed by atoms with Crippen LogP contribution in [0, 0.1) is 6.92 Å². The number of nitrogens with two attached hydrogens (primary N) is 1. The minimum absolute atomic E-state index is 0.0107. The maximum absolute atomic E-state index is 12.7. The molecule has 1 fully saturated rings. The Morgan fingerprint density at radius 3 is 2.52 bits per heavy atom. The molecule has 6 heteroatoms. The van der Waals surface area contributed by atoms with Gasteiger partial charge in [-0.15, -0.1) is 0 Å². The van der Waals surface area contributed by atoms with Crippen molar-refractivity contribution in [3.63, 3.8) is 0 Å². The van der Waals surface area contributed by atoms with Crippen LogP contribution in [0.3, 0.4) is 0 Å². The number of hydrogen-bond acceptors (Lipinski definition) is 4. The van der Waals surface area contributed by atoms with Gasteiger partial charge in [0.25, 0.3) is 5.91 Å². The van der Waals surface area contributed by atoms with Crippen molar-refractivity contribution in [3.8, 4) is 0 Å². The van der Waals surface area contributed by atoms with Gasteiger partial charge in [-0.2, -0.15) is 0 Å². The Balaban J connectivity index is 2.25. The molecule has 0 aliphatic heterocycles. The van der Waals surface area contributed by atoms with E-state index in [1.54, 1.807) is 30.0 Å². The summed E-state index contributed by atoms with van der Waals surface area (Å²) >= 11 is 0. The fourth-order valence-electron chi connectivity index (χ4n) is 2.55. The predicted octanol–water partition coefficient (Wildman–Crippen LogP) is 1.61. The van der Waals surface area contributed by atoms with Gasteiger partial charge in [0.1, 0.15) is 9.84 Å². The van der Waals surface area contributed by atoms with E-state index in [1.807, 2.05) is 6.92 Å². The summed E-state index contributed by atoms with van der Waals surface area (Å²) in [6, 6.07) is 5.02. The second-order valence-electron chi connectivity index (χ2n) is 5.96. The highest BCUT2D eigenvalue weighted by molar-refractivity contribution is 7.90. The highest BCUT2D eigenvalue weighted by Gasteiger charge is 2.37. The SMILES string of the molecule is Cc1cc(C(=O)N(C2CC2)[C@@H](C)CS(C)(=O)=O)ccc1N. The molecular weight excluding hydrogens is 288 g/mol. The first kappa shape index (κ1) is 15.8. The van der Waals surface area contributed by atoms with Crippen LogP contribution in [-0.2, 0) is 9.84 Å². The zero-order chi connectivity index (χ0) is 15.8. The maximum Gasteiger partial charge on any atom is 0.254 e. The minimum Gasteiger partial charge on any atom is -0.399 e. The summed E-state index contributed by atoms with van der Waals surface area (Å²) in [5, 5.41) is 0. The number of carbonyl (C=O) groups excluding carboxylic acids is 1. The van der Waals surface area contributed by atoms with Gasteiger partial charge in [0.2, 0.25) is 0 Å². The number of carbonyl (C=O) groups is 1. The van der Waals surface area contributed by atoms with Crippen molar-refractivity contribution in [1.29, 1.82) is 0 Å². The largest absolute Gasteiger partial charge is 0.399 e. The molecule has 1 aromatic rings. The Bertz CT molecular complexity index is 651. The van der Waals surface area contributed by atoms with Crippen molar-refractivity contribution < 1.29 is 13.2 Å². The molecule has 116 valence electrons. The summed E-state index contributed by atoms with van der Waals surface area (Å²) in [4.78, 5) is 14.4. The zero-order valence-corrected chi connectivity index (χ0v) is 13.5. The van der Waals surface area contributed by atoms with Crippen molar-refractivity contribution in [3.05, 3.63) is 29.3 Å². The Kier molecular flexibility index (Phi) is 4.27. The second-order valence-corrected chi connectivity index (χ2v) is 8.14. The third kappa shape index (κ3) is 3.97. The van der Waals surface area contributed by atoms with Crippen molar-refractivity contribution in [2.45, 2.75) is 38.8 Å². The van der Waals surface area contributed by atoms with E-state index in [9.17, 15) is 13.2 Å². The standard InChI is InChI=1S/C15H22N2O3S/c1-10-8-12(4-7-14(10)16)15(18)17(13-5-6-13)11(2)9-21(3,19)20/h4,7-8,11,13H,5-6,9,16H2,1-3H3/t11-/m0/s1. The molecule has 21 heavy (non-hydrogen) atoms. The van der Waals surface area contributed by atoms with Crippen LogP contribution in [0.2, 0.25) is 0 Å². The first-order valence-corrected chi connectivity index (χ1v) is 9.11. The van der Waals surface area contributed by atoms with Crippen LogP contribution < -0.4 is 5.73 Å². The minimum atomic E-state index is -3.12. The monoisotopic (exact) mass is 310 g/mol. The average molecular weight is 310 g/mol. The van der Waals surface area contributed by atoms with E-state index in [1.165, 1.54) is 6.26 Å². The molecule has 0 radical (unpaired) electrons. The van der Waals surface area contributed by atoms with Crippen LogP contribution in [0.4, 0.5) is 5.69 Å². The highest BCUT2D eigenvalue weighted by atomic mass is 32.2. The molecule has 2 N–H and O–H groups in total. The lowest BCUT2D eigenvalue weighted by Crippen LogP contribution is -2.43. The first-order chi connectivity index (χ1) is 9.69. The van der Waals surface area contributed by atoms with E-state index in [4.69, 9.17) is 5.73 Å². The van der Waals surface area contributed by atoms with Crippen molar-refractivity contribution >= 4 is 21.4 Å². The van der Waals surface area contributed by atoms with Gasteiger partial charge in [0, 0.05) is 29.6 Å². The van der Waals surface area contributed by atoms with Gasteiger partial charge in [-0.05, 0) is 50.5 Å². The fraction of sp³-hybridized carbons (Fsp3) is 0.533. The Morgan fingerprint density at radius 2 is 2.05 bits per heavy atom. The number of nitrogen functional groups attached to an aromatic ring is 1. The van der Waals surface area contributed by atoms with E-state index in [0.29, 0.717) is 11.3 Å². The molecule has 0 bridgehead atoms. The number of amides is 1. The first-order valence-electron chi connectivity index (χ1n) is 7.05. The molecule has 1 aliphatic rings. The van der Waals surface area contributed by atoms with Crippen LogP contribution >= 0.6 is 0 Å². The molecule has 1 amide bonds. The molecule has 5 nitrogen and oxygen atoms in total. The molecule has 0 saturated heterocycles. The van der Waals surface area contributed by atoms with Gasteiger partial charge in [-0.1, -0.05) is 0 Å².